The quantitative estimate of drug-likeness (QED) is 0.416. The summed E-state index contributed by atoms with van der Waals surface area (Å²) < 4.78 is 5.84. The SMILES string of the molecule is CCC(C(=O)NCc1ccc(Oc2ccccc2)cc1)N1CCCN(Cc2ccc(C(=O)O)cc2)CC1. The first-order chi connectivity index (χ1) is 18.0. The van der Waals surface area contributed by atoms with E-state index in [4.69, 9.17) is 9.84 Å². The zero-order chi connectivity index (χ0) is 26.0. The van der Waals surface area contributed by atoms with Gasteiger partial charge in [-0.2, -0.15) is 0 Å². The van der Waals surface area contributed by atoms with E-state index in [1.165, 1.54) is 0 Å². The second-order valence-electron chi connectivity index (χ2n) is 9.37. The lowest BCUT2D eigenvalue weighted by molar-refractivity contribution is -0.126. The first-order valence-electron chi connectivity index (χ1n) is 12.9. The van der Waals surface area contributed by atoms with Crippen LogP contribution in [0.1, 0.15) is 41.3 Å². The Morgan fingerprint density at radius 2 is 1.54 bits per heavy atom. The van der Waals surface area contributed by atoms with E-state index in [0.717, 1.165) is 68.2 Å². The highest BCUT2D eigenvalue weighted by molar-refractivity contribution is 5.87. The van der Waals surface area contributed by atoms with E-state index in [9.17, 15) is 9.59 Å². The van der Waals surface area contributed by atoms with Gasteiger partial charge in [-0.15, -0.1) is 0 Å². The number of para-hydroxylation sites is 1. The largest absolute Gasteiger partial charge is 0.478 e. The second kappa shape index (κ2) is 13.0. The molecule has 1 aliphatic rings. The molecule has 0 aliphatic carbocycles. The molecule has 1 unspecified atom stereocenters. The number of carbonyl (C=O) groups excluding carboxylic acids is 1. The van der Waals surface area contributed by atoms with Gasteiger partial charge in [0, 0.05) is 32.7 Å². The molecule has 1 aliphatic heterocycles. The third kappa shape index (κ3) is 7.65. The Balaban J connectivity index is 1.25. The molecule has 1 heterocycles. The maximum absolute atomic E-state index is 13.1. The van der Waals surface area contributed by atoms with Gasteiger partial charge >= 0.3 is 5.97 Å². The number of aromatic carboxylic acids is 1. The molecule has 0 spiro atoms. The smallest absolute Gasteiger partial charge is 0.335 e. The van der Waals surface area contributed by atoms with Crippen LogP contribution in [0.4, 0.5) is 0 Å². The third-order valence-corrected chi connectivity index (χ3v) is 6.73. The van der Waals surface area contributed by atoms with Crippen molar-refractivity contribution in [2.24, 2.45) is 0 Å². The van der Waals surface area contributed by atoms with Crippen molar-refractivity contribution in [3.05, 3.63) is 95.6 Å². The number of carboxylic acids is 1. The monoisotopic (exact) mass is 501 g/mol. The summed E-state index contributed by atoms with van der Waals surface area (Å²) in [4.78, 5) is 28.8. The van der Waals surface area contributed by atoms with Crippen molar-refractivity contribution in [1.29, 1.82) is 0 Å². The Bertz CT molecular complexity index is 1150. The molecular weight excluding hydrogens is 466 g/mol. The summed E-state index contributed by atoms with van der Waals surface area (Å²) in [5.74, 6) is 0.709. The van der Waals surface area contributed by atoms with Gasteiger partial charge in [0.1, 0.15) is 11.5 Å². The van der Waals surface area contributed by atoms with Crippen molar-refractivity contribution in [2.75, 3.05) is 26.2 Å². The number of hydrogen-bond acceptors (Lipinski definition) is 5. The molecule has 37 heavy (non-hydrogen) atoms. The molecule has 7 nitrogen and oxygen atoms in total. The van der Waals surface area contributed by atoms with E-state index in [0.29, 0.717) is 12.1 Å². The van der Waals surface area contributed by atoms with Crippen LogP contribution < -0.4 is 10.1 Å². The van der Waals surface area contributed by atoms with Crippen molar-refractivity contribution in [2.45, 2.75) is 38.9 Å². The van der Waals surface area contributed by atoms with Crippen molar-refractivity contribution in [3.63, 3.8) is 0 Å². The fourth-order valence-corrected chi connectivity index (χ4v) is 4.69. The number of rotatable bonds is 10. The number of carboxylic acid groups (broad SMARTS) is 1. The maximum Gasteiger partial charge on any atom is 0.335 e. The average molecular weight is 502 g/mol. The fourth-order valence-electron chi connectivity index (χ4n) is 4.69. The van der Waals surface area contributed by atoms with Gasteiger partial charge < -0.3 is 15.2 Å². The van der Waals surface area contributed by atoms with Gasteiger partial charge in [0.15, 0.2) is 0 Å². The summed E-state index contributed by atoms with van der Waals surface area (Å²) in [6.07, 6.45) is 1.74. The van der Waals surface area contributed by atoms with Gasteiger partial charge in [-0.3, -0.25) is 14.6 Å². The lowest BCUT2D eigenvalue weighted by atomic mass is 10.1. The van der Waals surface area contributed by atoms with Crippen LogP contribution in [-0.4, -0.2) is 59.0 Å². The number of ether oxygens (including phenoxy) is 1. The highest BCUT2D eigenvalue weighted by atomic mass is 16.5. The van der Waals surface area contributed by atoms with E-state index in [1.54, 1.807) is 12.1 Å². The normalized spacial score (nSPS) is 15.5. The molecule has 1 fully saturated rings. The zero-order valence-corrected chi connectivity index (χ0v) is 21.3. The van der Waals surface area contributed by atoms with Gasteiger partial charge in [0.2, 0.25) is 5.91 Å². The number of nitrogens with zero attached hydrogens (tertiary/aromatic N) is 2. The molecule has 0 radical (unpaired) electrons. The minimum Gasteiger partial charge on any atom is -0.478 e. The van der Waals surface area contributed by atoms with Crippen molar-refractivity contribution >= 4 is 11.9 Å². The van der Waals surface area contributed by atoms with Crippen LogP contribution in [0.5, 0.6) is 11.5 Å². The molecular formula is C30H35N3O4. The Morgan fingerprint density at radius 1 is 0.865 bits per heavy atom. The Kier molecular flexibility index (Phi) is 9.29. The van der Waals surface area contributed by atoms with Crippen LogP contribution in [0.15, 0.2) is 78.9 Å². The summed E-state index contributed by atoms with van der Waals surface area (Å²) in [7, 11) is 0. The Hall–Kier alpha value is -3.68. The third-order valence-electron chi connectivity index (χ3n) is 6.73. The number of benzene rings is 3. The molecule has 1 amide bonds. The molecule has 2 N–H and O–H groups in total. The fraction of sp³-hybridized carbons (Fsp3) is 0.333. The van der Waals surface area contributed by atoms with Crippen molar-refractivity contribution in [1.82, 2.24) is 15.1 Å². The number of nitrogens with one attached hydrogen (secondary N) is 1. The first-order valence-corrected chi connectivity index (χ1v) is 12.9. The van der Waals surface area contributed by atoms with E-state index in [2.05, 4.69) is 22.0 Å². The van der Waals surface area contributed by atoms with E-state index in [1.807, 2.05) is 66.7 Å². The Labute approximate surface area is 218 Å². The average Bonchev–Trinajstić information content (AvgIpc) is 3.15. The van der Waals surface area contributed by atoms with E-state index in [-0.39, 0.29) is 11.9 Å². The first kappa shape index (κ1) is 26.4. The highest BCUT2D eigenvalue weighted by Gasteiger charge is 2.26. The lowest BCUT2D eigenvalue weighted by Gasteiger charge is -2.29. The second-order valence-corrected chi connectivity index (χ2v) is 9.37. The van der Waals surface area contributed by atoms with Gasteiger partial charge in [0.05, 0.1) is 11.6 Å². The standard InChI is InChI=1S/C30H35N3O4/c1-2-28(29(34)31-21-23-11-15-27(16-12-23)37-26-7-4-3-5-8-26)33-18-6-17-32(19-20-33)22-24-9-13-25(14-10-24)30(35)36/h3-5,7-16,28H,2,6,17-22H2,1H3,(H,31,34)(H,35,36). The van der Waals surface area contributed by atoms with Gasteiger partial charge in [-0.05, 0) is 66.9 Å². The molecule has 3 aromatic carbocycles. The molecule has 0 saturated carbocycles. The molecule has 0 aromatic heterocycles. The minimum absolute atomic E-state index is 0.0600. The Morgan fingerprint density at radius 3 is 2.22 bits per heavy atom. The zero-order valence-electron chi connectivity index (χ0n) is 21.3. The van der Waals surface area contributed by atoms with Gasteiger partial charge in [-0.25, -0.2) is 4.79 Å². The maximum atomic E-state index is 13.1. The molecule has 194 valence electrons. The predicted molar refractivity (Wildman–Crippen MR) is 144 cm³/mol. The predicted octanol–water partition coefficient (Wildman–Crippen LogP) is 4.78. The van der Waals surface area contributed by atoms with E-state index >= 15 is 0 Å². The molecule has 0 bridgehead atoms. The molecule has 4 rings (SSSR count). The van der Waals surface area contributed by atoms with Crippen LogP contribution in [0, 0.1) is 0 Å². The molecule has 1 saturated heterocycles. The summed E-state index contributed by atoms with van der Waals surface area (Å²) in [5.41, 5.74) is 2.43. The van der Waals surface area contributed by atoms with Crippen LogP contribution in [0.25, 0.3) is 0 Å². The number of amides is 1. The molecule has 7 heteroatoms. The van der Waals surface area contributed by atoms with Gasteiger partial charge in [-0.1, -0.05) is 49.4 Å². The summed E-state index contributed by atoms with van der Waals surface area (Å²) in [6.45, 7) is 6.84. The van der Waals surface area contributed by atoms with Gasteiger partial charge in [0.25, 0.3) is 0 Å². The minimum atomic E-state index is -0.907. The van der Waals surface area contributed by atoms with Crippen molar-refractivity contribution < 1.29 is 19.4 Å². The molecule has 1 atom stereocenters. The van der Waals surface area contributed by atoms with Crippen LogP contribution in [0.3, 0.4) is 0 Å². The topological polar surface area (TPSA) is 82.1 Å². The summed E-state index contributed by atoms with van der Waals surface area (Å²) in [5, 5.41) is 12.2. The van der Waals surface area contributed by atoms with Crippen LogP contribution in [-0.2, 0) is 17.9 Å². The summed E-state index contributed by atoms with van der Waals surface area (Å²) >= 11 is 0. The summed E-state index contributed by atoms with van der Waals surface area (Å²) in [6, 6.07) is 24.4. The number of hydrogen-bond donors (Lipinski definition) is 2. The number of carbonyl (C=O) groups is 2. The van der Waals surface area contributed by atoms with Crippen LogP contribution >= 0.6 is 0 Å². The van der Waals surface area contributed by atoms with E-state index < -0.39 is 5.97 Å². The highest BCUT2D eigenvalue weighted by Crippen LogP contribution is 2.21. The van der Waals surface area contributed by atoms with Crippen molar-refractivity contribution in [3.8, 4) is 11.5 Å². The molecule has 3 aromatic rings. The lowest BCUT2D eigenvalue weighted by Crippen LogP contribution is -2.47. The van der Waals surface area contributed by atoms with Crippen LogP contribution in [0.2, 0.25) is 0 Å².